The van der Waals surface area contributed by atoms with Gasteiger partial charge in [-0.05, 0) is 30.2 Å². The number of aliphatic hydroxyl groups is 13. The van der Waals surface area contributed by atoms with Crippen LogP contribution in [0.3, 0.4) is 0 Å². The van der Waals surface area contributed by atoms with E-state index >= 15 is 0 Å². The van der Waals surface area contributed by atoms with Gasteiger partial charge >= 0.3 is 0 Å². The fourth-order valence-electron chi connectivity index (χ4n) is 7.24. The van der Waals surface area contributed by atoms with Crippen molar-refractivity contribution in [2.75, 3.05) is 38.3 Å². The first-order chi connectivity index (χ1) is 30.0. The average molecular weight is 919 g/mol. The highest BCUT2D eigenvalue weighted by atomic mass is 19.3. The lowest BCUT2D eigenvalue weighted by molar-refractivity contribution is -0.387. The van der Waals surface area contributed by atoms with Crippen LogP contribution < -0.4 is 10.1 Å². The molecule has 4 saturated heterocycles. The lowest BCUT2D eigenvalue weighted by Crippen LogP contribution is -2.67. The summed E-state index contributed by atoms with van der Waals surface area (Å²) in [5.74, 6) is -1.12. The first kappa shape index (κ1) is 50.9. The van der Waals surface area contributed by atoms with Crippen LogP contribution in [-0.4, -0.2) is 228 Å². The van der Waals surface area contributed by atoms with Crippen molar-refractivity contribution in [1.29, 1.82) is 0 Å². The largest absolute Gasteiger partial charge is 0.461 e. The molecule has 1 aromatic rings. The third-order valence-electron chi connectivity index (χ3n) is 10.7. The molecule has 26 nitrogen and oxygen atoms in total. The maximum absolute atomic E-state index is 14.1. The molecule has 4 fully saturated rings. The number of amides is 1. The summed E-state index contributed by atoms with van der Waals surface area (Å²) in [6, 6.07) is 3.11. The van der Waals surface area contributed by atoms with Gasteiger partial charge in [0.15, 0.2) is 18.9 Å². The summed E-state index contributed by atoms with van der Waals surface area (Å²) in [7, 11) is 0. The summed E-state index contributed by atoms with van der Waals surface area (Å²) in [6.45, 7) is -3.71. The SMILES string of the molecule is [N-]=[N+]=NCCCC(=O)Nc1ccc(O[C@@H]2OC(CO)[C@@H](O[C@H]3OC(CO)[C@@H](O[C@H]4OC(CO)[C@@H](O[C@H]5OC(CO)[C@@H](O)C(O)C5O)C(O)C4O)C(O)C3O)C(O)C2O)c(C(F)F)c1. The number of halogens is 2. The summed E-state index contributed by atoms with van der Waals surface area (Å²) >= 11 is 0. The third kappa shape index (κ3) is 11.6. The van der Waals surface area contributed by atoms with Gasteiger partial charge in [0.25, 0.3) is 6.43 Å². The Morgan fingerprint density at radius 3 is 1.52 bits per heavy atom. The standard InChI is InChI=1S/C35H52F2N4O22/c36-31(37)12-6-11(40-18(46)2-1-5-39-41-38)3-4-13(12)56-32-25(53)21(49)28(15(8-43)58-32)62-34-27(55)23(51)30(17(10-45)60-34)63-35-26(54)22(50)29(16(9-44)59-35)61-33-24(52)20(48)19(47)14(7-42)57-33/h3-4,6,14-17,19-35,42-45,47-55H,1-2,5,7-10H2,(H,40,46)/t14?,15?,16?,17?,19-,20?,21?,22?,23?,24?,25?,26?,27?,28-,29-,30-,32-,33-,34-,35-/m1/s1. The van der Waals surface area contributed by atoms with E-state index in [4.69, 9.17) is 43.4 Å². The number of nitrogens with zero attached hydrogens (tertiary/aromatic N) is 3. The Hall–Kier alpha value is -3.14. The Morgan fingerprint density at radius 2 is 1.08 bits per heavy atom. The first-order valence-electron chi connectivity index (χ1n) is 19.5. The van der Waals surface area contributed by atoms with Crippen molar-refractivity contribution >= 4 is 11.6 Å². The molecule has 1 aromatic carbocycles. The number of carbonyl (C=O) groups excluding carboxylic acids is 1. The zero-order valence-corrected chi connectivity index (χ0v) is 32.9. The molecule has 4 aliphatic heterocycles. The van der Waals surface area contributed by atoms with Crippen molar-refractivity contribution in [1.82, 2.24) is 0 Å². The number of benzene rings is 1. The smallest absolute Gasteiger partial charge is 0.267 e. The van der Waals surface area contributed by atoms with Crippen molar-refractivity contribution in [2.45, 2.75) is 142 Å². The van der Waals surface area contributed by atoms with Gasteiger partial charge in [-0.2, -0.15) is 0 Å². The molecule has 14 N–H and O–H groups in total. The van der Waals surface area contributed by atoms with Gasteiger partial charge in [0.2, 0.25) is 12.2 Å². The van der Waals surface area contributed by atoms with E-state index in [9.17, 15) is 80.0 Å². The summed E-state index contributed by atoms with van der Waals surface area (Å²) < 4.78 is 72.4. The second-order valence-corrected chi connectivity index (χ2v) is 14.9. The van der Waals surface area contributed by atoms with E-state index in [0.717, 1.165) is 12.1 Å². The van der Waals surface area contributed by atoms with Gasteiger partial charge in [0.1, 0.15) is 103 Å². The number of nitrogens with one attached hydrogen (secondary N) is 1. The molecule has 358 valence electrons. The van der Waals surface area contributed by atoms with Gasteiger partial charge in [-0.25, -0.2) is 8.78 Å². The van der Waals surface area contributed by atoms with Crippen molar-refractivity contribution in [3.63, 3.8) is 0 Å². The zero-order valence-electron chi connectivity index (χ0n) is 32.9. The van der Waals surface area contributed by atoms with Crippen molar-refractivity contribution < 1.29 is 118 Å². The van der Waals surface area contributed by atoms with Gasteiger partial charge in [0.05, 0.1) is 32.0 Å². The molecule has 20 atom stereocenters. The first-order valence-corrected chi connectivity index (χ1v) is 19.5. The molecule has 0 spiro atoms. The second-order valence-electron chi connectivity index (χ2n) is 14.9. The van der Waals surface area contributed by atoms with Crippen LogP contribution in [0.25, 0.3) is 10.4 Å². The summed E-state index contributed by atoms with van der Waals surface area (Å²) in [6.07, 6.45) is -40.5. The molecular formula is C35H52F2N4O22. The van der Waals surface area contributed by atoms with Gasteiger partial charge in [-0.15, -0.1) is 0 Å². The minimum atomic E-state index is -3.19. The van der Waals surface area contributed by atoms with Crippen LogP contribution in [0.15, 0.2) is 23.3 Å². The fourth-order valence-corrected chi connectivity index (χ4v) is 7.24. The molecular weight excluding hydrogens is 866 g/mol. The molecule has 0 bridgehead atoms. The Bertz CT molecular complexity index is 1670. The molecule has 28 heteroatoms. The van der Waals surface area contributed by atoms with E-state index in [-0.39, 0.29) is 25.1 Å². The number of hydrogen-bond acceptors (Lipinski definition) is 23. The minimum absolute atomic E-state index is 0.0355. The molecule has 4 aliphatic rings. The van der Waals surface area contributed by atoms with E-state index in [1.165, 1.54) is 6.07 Å². The van der Waals surface area contributed by atoms with Crippen LogP contribution in [0.5, 0.6) is 5.75 Å². The number of anilines is 1. The molecule has 4 heterocycles. The van der Waals surface area contributed by atoms with Crippen LogP contribution in [0, 0.1) is 0 Å². The van der Waals surface area contributed by atoms with Gasteiger partial charge < -0.3 is 110 Å². The van der Waals surface area contributed by atoms with Crippen LogP contribution in [0.4, 0.5) is 14.5 Å². The minimum Gasteiger partial charge on any atom is -0.461 e. The lowest BCUT2D eigenvalue weighted by Gasteiger charge is -2.49. The highest BCUT2D eigenvalue weighted by molar-refractivity contribution is 5.90. The normalized spacial score (nSPS) is 40.9. The Balaban J connectivity index is 1.21. The van der Waals surface area contributed by atoms with E-state index in [1.807, 2.05) is 0 Å². The summed E-state index contributed by atoms with van der Waals surface area (Å²) in [4.78, 5) is 14.8. The molecule has 12 unspecified atom stereocenters. The molecule has 0 aromatic heterocycles. The van der Waals surface area contributed by atoms with Crippen LogP contribution >= 0.6 is 0 Å². The third-order valence-corrected chi connectivity index (χ3v) is 10.7. The maximum Gasteiger partial charge on any atom is 0.267 e. The second kappa shape index (κ2) is 22.9. The fraction of sp³-hybridized carbons (Fsp3) is 0.800. The van der Waals surface area contributed by atoms with Crippen LogP contribution in [0.2, 0.25) is 0 Å². The Labute approximate surface area is 354 Å². The highest BCUT2D eigenvalue weighted by Gasteiger charge is 2.55. The molecule has 1 amide bonds. The van der Waals surface area contributed by atoms with Crippen molar-refractivity contribution in [3.8, 4) is 5.75 Å². The number of aliphatic hydroxyl groups excluding tert-OH is 13. The highest BCUT2D eigenvalue weighted by Crippen LogP contribution is 2.37. The van der Waals surface area contributed by atoms with E-state index < -0.39 is 173 Å². The molecule has 0 aliphatic carbocycles. The predicted molar refractivity (Wildman–Crippen MR) is 196 cm³/mol. The predicted octanol–water partition coefficient (Wildman–Crippen LogP) is -5.70. The Morgan fingerprint density at radius 1 is 0.651 bits per heavy atom. The van der Waals surface area contributed by atoms with Gasteiger partial charge in [-0.1, -0.05) is 5.11 Å². The number of ether oxygens (including phenoxy) is 8. The molecule has 63 heavy (non-hydrogen) atoms. The number of rotatable bonds is 18. The summed E-state index contributed by atoms with van der Waals surface area (Å²) in [5.41, 5.74) is 7.52. The van der Waals surface area contributed by atoms with E-state index in [2.05, 4.69) is 15.3 Å². The lowest BCUT2D eigenvalue weighted by atomic mass is 9.95. The average Bonchev–Trinajstić information content (AvgIpc) is 3.27. The van der Waals surface area contributed by atoms with E-state index in [0.29, 0.717) is 0 Å². The van der Waals surface area contributed by atoms with E-state index in [1.54, 1.807) is 0 Å². The molecule has 0 radical (unpaired) electrons. The van der Waals surface area contributed by atoms with Crippen molar-refractivity contribution in [3.05, 3.63) is 34.2 Å². The topological polar surface area (TPSA) is 415 Å². The number of alkyl halides is 2. The Kier molecular flexibility index (Phi) is 18.4. The van der Waals surface area contributed by atoms with Crippen LogP contribution in [-0.2, 0) is 38.0 Å². The monoisotopic (exact) mass is 918 g/mol. The summed E-state index contributed by atoms with van der Waals surface area (Å²) in [5, 5.41) is 142. The quantitative estimate of drug-likeness (QED) is 0.0282. The van der Waals surface area contributed by atoms with Crippen LogP contribution in [0.1, 0.15) is 24.8 Å². The van der Waals surface area contributed by atoms with Gasteiger partial charge in [0, 0.05) is 23.6 Å². The number of carbonyl (C=O) groups is 1. The van der Waals surface area contributed by atoms with Crippen molar-refractivity contribution in [2.24, 2.45) is 5.11 Å². The zero-order chi connectivity index (χ0) is 46.3. The van der Waals surface area contributed by atoms with Gasteiger partial charge in [-0.3, -0.25) is 4.79 Å². The molecule has 0 saturated carbocycles. The number of hydrogen-bond donors (Lipinski definition) is 14. The molecule has 5 rings (SSSR count). The maximum atomic E-state index is 14.1. The number of azide groups is 1.